The van der Waals surface area contributed by atoms with Gasteiger partial charge in [0.15, 0.2) is 0 Å². The molecule has 0 bridgehead atoms. The minimum absolute atomic E-state index is 0.0354. The molecule has 3 nitrogen and oxygen atoms in total. The Balaban J connectivity index is 2.09. The summed E-state index contributed by atoms with van der Waals surface area (Å²) in [5.41, 5.74) is -0.820. The highest BCUT2D eigenvalue weighted by Gasteiger charge is 2.31. The number of piperidine rings is 1. The van der Waals surface area contributed by atoms with Gasteiger partial charge in [-0.3, -0.25) is 9.78 Å². The molecule has 2 rings (SSSR count). The molecule has 1 aromatic rings. The molecule has 2 heterocycles. The average Bonchev–Trinajstić information content (AvgIpc) is 2.46. The van der Waals surface area contributed by atoms with Crippen LogP contribution in [0.25, 0.3) is 0 Å². The van der Waals surface area contributed by atoms with Crippen LogP contribution in [0.1, 0.15) is 28.9 Å². The molecule has 0 saturated carbocycles. The molecule has 7 heteroatoms. The molecule has 1 aliphatic rings. The first-order valence-corrected chi connectivity index (χ1v) is 6.83. The number of alkyl halides is 4. The molecular weight excluding hydrogens is 293 g/mol. The standard InChI is InChI=1S/C13H14ClF3N2O/c14-6-9-2-1-5-19(8-9)12(20)11-4-3-10(7-18-11)13(15,16)17/h3-4,7,9H,1-2,5-6,8H2. The second kappa shape index (κ2) is 5.99. The van der Waals surface area contributed by atoms with Gasteiger partial charge >= 0.3 is 6.18 Å². The first kappa shape index (κ1) is 15.1. The Kier molecular flexibility index (Phi) is 4.52. The summed E-state index contributed by atoms with van der Waals surface area (Å²) in [7, 11) is 0. The van der Waals surface area contributed by atoms with Gasteiger partial charge in [-0.05, 0) is 30.9 Å². The van der Waals surface area contributed by atoms with E-state index in [-0.39, 0.29) is 17.5 Å². The van der Waals surface area contributed by atoms with Crippen LogP contribution in [0, 0.1) is 5.92 Å². The largest absolute Gasteiger partial charge is 0.417 e. The summed E-state index contributed by atoms with van der Waals surface area (Å²) in [5.74, 6) is 0.377. The number of hydrogen-bond donors (Lipinski definition) is 0. The van der Waals surface area contributed by atoms with E-state index in [0.717, 1.165) is 25.0 Å². The van der Waals surface area contributed by atoms with Crippen LogP contribution in [0.5, 0.6) is 0 Å². The molecule has 1 aromatic heterocycles. The normalized spacial score (nSPS) is 20.0. The third-order valence-electron chi connectivity index (χ3n) is 3.33. The third-order valence-corrected chi connectivity index (χ3v) is 3.77. The van der Waals surface area contributed by atoms with Crippen molar-refractivity contribution in [3.05, 3.63) is 29.6 Å². The highest BCUT2D eigenvalue weighted by atomic mass is 35.5. The van der Waals surface area contributed by atoms with E-state index >= 15 is 0 Å². The molecule has 0 aliphatic carbocycles. The van der Waals surface area contributed by atoms with E-state index in [9.17, 15) is 18.0 Å². The summed E-state index contributed by atoms with van der Waals surface area (Å²) in [6.45, 7) is 1.12. The Morgan fingerprint density at radius 3 is 2.75 bits per heavy atom. The smallest absolute Gasteiger partial charge is 0.337 e. The maximum absolute atomic E-state index is 12.4. The molecule has 1 saturated heterocycles. The Labute approximate surface area is 119 Å². The van der Waals surface area contributed by atoms with Crippen molar-refractivity contribution in [2.45, 2.75) is 19.0 Å². The number of rotatable bonds is 2. The van der Waals surface area contributed by atoms with Gasteiger partial charge in [-0.1, -0.05) is 0 Å². The lowest BCUT2D eigenvalue weighted by Crippen LogP contribution is -2.40. The Bertz CT molecular complexity index is 475. The summed E-state index contributed by atoms with van der Waals surface area (Å²) in [5, 5.41) is 0. The molecule has 0 aromatic carbocycles. The molecule has 1 fully saturated rings. The third kappa shape index (κ3) is 3.42. The number of aromatic nitrogens is 1. The van der Waals surface area contributed by atoms with Crippen molar-refractivity contribution >= 4 is 17.5 Å². The van der Waals surface area contributed by atoms with Gasteiger partial charge in [0.1, 0.15) is 5.69 Å². The monoisotopic (exact) mass is 306 g/mol. The van der Waals surface area contributed by atoms with Crippen molar-refractivity contribution in [3.63, 3.8) is 0 Å². The second-order valence-electron chi connectivity index (χ2n) is 4.84. The Hall–Kier alpha value is -1.30. The van der Waals surface area contributed by atoms with E-state index in [1.165, 1.54) is 0 Å². The van der Waals surface area contributed by atoms with Gasteiger partial charge in [-0.2, -0.15) is 13.2 Å². The van der Waals surface area contributed by atoms with Crippen molar-refractivity contribution in [2.24, 2.45) is 5.92 Å². The van der Waals surface area contributed by atoms with E-state index < -0.39 is 11.7 Å². The van der Waals surface area contributed by atoms with Crippen LogP contribution in [0.4, 0.5) is 13.2 Å². The van der Waals surface area contributed by atoms with Crippen molar-refractivity contribution in [3.8, 4) is 0 Å². The quantitative estimate of drug-likeness (QED) is 0.786. The van der Waals surface area contributed by atoms with Crippen LogP contribution in [0.15, 0.2) is 18.3 Å². The zero-order valence-electron chi connectivity index (χ0n) is 10.7. The number of likely N-dealkylation sites (tertiary alicyclic amines) is 1. The van der Waals surface area contributed by atoms with E-state index in [0.29, 0.717) is 25.2 Å². The lowest BCUT2D eigenvalue weighted by Gasteiger charge is -2.31. The molecule has 0 N–H and O–H groups in total. The number of carbonyl (C=O) groups is 1. The van der Waals surface area contributed by atoms with E-state index in [2.05, 4.69) is 4.98 Å². The van der Waals surface area contributed by atoms with Crippen LogP contribution in [0.3, 0.4) is 0 Å². The minimum atomic E-state index is -4.44. The van der Waals surface area contributed by atoms with Gasteiger partial charge in [0.05, 0.1) is 5.56 Å². The van der Waals surface area contributed by atoms with E-state index in [1.54, 1.807) is 4.90 Å². The maximum atomic E-state index is 12.4. The molecule has 1 atom stereocenters. The fourth-order valence-electron chi connectivity index (χ4n) is 2.23. The number of amides is 1. The van der Waals surface area contributed by atoms with Crippen LogP contribution >= 0.6 is 11.6 Å². The highest BCUT2D eigenvalue weighted by Crippen LogP contribution is 2.28. The molecule has 110 valence electrons. The van der Waals surface area contributed by atoms with Gasteiger partial charge in [0.25, 0.3) is 5.91 Å². The predicted octanol–water partition coefficient (Wildman–Crippen LogP) is 3.19. The van der Waals surface area contributed by atoms with Gasteiger partial charge < -0.3 is 4.90 Å². The van der Waals surface area contributed by atoms with Crippen molar-refractivity contribution < 1.29 is 18.0 Å². The van der Waals surface area contributed by atoms with Gasteiger partial charge in [-0.25, -0.2) is 0 Å². The average molecular weight is 307 g/mol. The van der Waals surface area contributed by atoms with Gasteiger partial charge in [-0.15, -0.1) is 11.6 Å². The van der Waals surface area contributed by atoms with Gasteiger partial charge in [0, 0.05) is 25.2 Å². The van der Waals surface area contributed by atoms with Gasteiger partial charge in [0.2, 0.25) is 0 Å². The van der Waals surface area contributed by atoms with Crippen LogP contribution < -0.4 is 0 Å². The molecule has 1 amide bonds. The lowest BCUT2D eigenvalue weighted by atomic mass is 10.00. The molecule has 20 heavy (non-hydrogen) atoms. The van der Waals surface area contributed by atoms with Crippen LogP contribution in [0.2, 0.25) is 0 Å². The SMILES string of the molecule is O=C(c1ccc(C(F)(F)F)cn1)N1CCCC(CCl)C1. The zero-order chi connectivity index (χ0) is 14.8. The molecular formula is C13H14ClF3N2O. The van der Waals surface area contributed by atoms with E-state index in [1.807, 2.05) is 0 Å². The number of carbonyl (C=O) groups excluding carboxylic acids is 1. The lowest BCUT2D eigenvalue weighted by molar-refractivity contribution is -0.137. The highest BCUT2D eigenvalue weighted by molar-refractivity contribution is 6.18. The molecule has 0 spiro atoms. The number of nitrogens with zero attached hydrogens (tertiary/aromatic N) is 2. The first-order valence-electron chi connectivity index (χ1n) is 6.30. The summed E-state index contributed by atoms with van der Waals surface area (Å²) in [6, 6.07) is 2.00. The fourth-order valence-corrected chi connectivity index (χ4v) is 2.48. The Morgan fingerprint density at radius 1 is 1.45 bits per heavy atom. The summed E-state index contributed by atoms with van der Waals surface area (Å²) < 4.78 is 37.3. The summed E-state index contributed by atoms with van der Waals surface area (Å²) >= 11 is 5.79. The molecule has 1 unspecified atom stereocenters. The zero-order valence-corrected chi connectivity index (χ0v) is 11.4. The van der Waals surface area contributed by atoms with Crippen LogP contribution in [-0.4, -0.2) is 34.8 Å². The minimum Gasteiger partial charge on any atom is -0.337 e. The van der Waals surface area contributed by atoms with E-state index in [4.69, 9.17) is 11.6 Å². The number of pyridine rings is 1. The van der Waals surface area contributed by atoms with Crippen molar-refractivity contribution in [2.75, 3.05) is 19.0 Å². The van der Waals surface area contributed by atoms with Crippen molar-refractivity contribution in [1.29, 1.82) is 0 Å². The second-order valence-corrected chi connectivity index (χ2v) is 5.15. The number of halogens is 4. The predicted molar refractivity (Wildman–Crippen MR) is 68.6 cm³/mol. The summed E-state index contributed by atoms with van der Waals surface area (Å²) in [6.07, 6.45) is -1.93. The maximum Gasteiger partial charge on any atom is 0.417 e. The topological polar surface area (TPSA) is 33.2 Å². The van der Waals surface area contributed by atoms with Crippen LogP contribution in [-0.2, 0) is 6.18 Å². The number of hydrogen-bond acceptors (Lipinski definition) is 2. The van der Waals surface area contributed by atoms with Crippen molar-refractivity contribution in [1.82, 2.24) is 9.88 Å². The Morgan fingerprint density at radius 2 is 2.20 bits per heavy atom. The fraction of sp³-hybridized carbons (Fsp3) is 0.538. The summed E-state index contributed by atoms with van der Waals surface area (Å²) in [4.78, 5) is 17.4. The first-order chi connectivity index (χ1) is 9.41. The molecule has 0 radical (unpaired) electrons. The molecule has 1 aliphatic heterocycles.